The van der Waals surface area contributed by atoms with Crippen molar-refractivity contribution in [3.05, 3.63) is 92.6 Å². The van der Waals surface area contributed by atoms with Crippen molar-refractivity contribution in [1.29, 1.82) is 5.26 Å². The molecule has 0 fully saturated rings. The first-order chi connectivity index (χ1) is 15.9. The van der Waals surface area contributed by atoms with Gasteiger partial charge in [0.15, 0.2) is 0 Å². The number of anilines is 2. The normalized spacial score (nSPS) is 10.4. The molecule has 2 aromatic carbocycles. The zero-order valence-corrected chi connectivity index (χ0v) is 18.4. The third-order valence-electron chi connectivity index (χ3n) is 5.24. The number of nitriles is 1. The Morgan fingerprint density at radius 1 is 1.06 bits per heavy atom. The predicted molar refractivity (Wildman–Crippen MR) is 127 cm³/mol. The quantitative estimate of drug-likeness (QED) is 0.513. The molecule has 0 aliphatic heterocycles. The number of aromatic amines is 1. The van der Waals surface area contributed by atoms with Crippen LogP contribution in [0.4, 0.5) is 11.5 Å². The standard InChI is InChI=1S/C24H26N6O3/c1-28(14-8-13-25)20(31)17-29(15-18-9-4-2-5-10-18)21-22(26)30(24(33)27-23(21)32)16-19-11-6-3-7-12-19/h2-7,9-12H,8,14-17,26H2,1H3,(H,27,32,33). The number of rotatable bonds is 9. The molecule has 0 radical (unpaired) electrons. The molecule has 0 bridgehead atoms. The Hall–Kier alpha value is -4.32. The van der Waals surface area contributed by atoms with Gasteiger partial charge in [0.1, 0.15) is 11.5 Å². The molecule has 0 aliphatic rings. The van der Waals surface area contributed by atoms with Crippen LogP contribution in [-0.2, 0) is 17.9 Å². The first-order valence-electron chi connectivity index (χ1n) is 10.5. The number of carbonyl (C=O) groups is 1. The van der Waals surface area contributed by atoms with Crippen molar-refractivity contribution in [3.8, 4) is 6.07 Å². The lowest BCUT2D eigenvalue weighted by Gasteiger charge is -2.28. The van der Waals surface area contributed by atoms with Crippen LogP contribution < -0.4 is 21.9 Å². The third-order valence-corrected chi connectivity index (χ3v) is 5.24. The first kappa shape index (κ1) is 23.3. The fourth-order valence-corrected chi connectivity index (χ4v) is 3.45. The van der Waals surface area contributed by atoms with Gasteiger partial charge in [0.05, 0.1) is 25.6 Å². The number of nitrogens with one attached hydrogen (secondary N) is 1. The van der Waals surface area contributed by atoms with Crippen LogP contribution in [-0.4, -0.2) is 40.5 Å². The van der Waals surface area contributed by atoms with Gasteiger partial charge in [-0.2, -0.15) is 5.26 Å². The molecule has 9 heteroatoms. The molecular weight excluding hydrogens is 420 g/mol. The van der Waals surface area contributed by atoms with Crippen molar-refractivity contribution in [2.45, 2.75) is 19.5 Å². The summed E-state index contributed by atoms with van der Waals surface area (Å²) in [6.45, 7) is 0.529. The predicted octanol–water partition coefficient (Wildman–Crippen LogP) is 1.55. The number of hydrogen-bond acceptors (Lipinski definition) is 6. The number of nitrogen functional groups attached to an aromatic ring is 1. The van der Waals surface area contributed by atoms with E-state index in [1.54, 1.807) is 11.9 Å². The van der Waals surface area contributed by atoms with Crippen LogP contribution in [0.2, 0.25) is 0 Å². The Morgan fingerprint density at radius 2 is 1.67 bits per heavy atom. The zero-order valence-electron chi connectivity index (χ0n) is 18.4. The van der Waals surface area contributed by atoms with Gasteiger partial charge in [0, 0.05) is 20.1 Å². The van der Waals surface area contributed by atoms with Crippen molar-refractivity contribution in [3.63, 3.8) is 0 Å². The lowest BCUT2D eigenvalue weighted by Crippen LogP contribution is -2.43. The highest BCUT2D eigenvalue weighted by molar-refractivity contribution is 5.82. The van der Waals surface area contributed by atoms with Crippen LogP contribution in [0.15, 0.2) is 70.3 Å². The fraction of sp³-hybridized carbons (Fsp3) is 0.250. The number of nitrogens with two attached hydrogens (primary N) is 1. The van der Waals surface area contributed by atoms with Crippen molar-refractivity contribution in [1.82, 2.24) is 14.5 Å². The number of nitrogens with zero attached hydrogens (tertiary/aromatic N) is 4. The van der Waals surface area contributed by atoms with E-state index < -0.39 is 11.2 Å². The first-order valence-corrected chi connectivity index (χ1v) is 10.5. The summed E-state index contributed by atoms with van der Waals surface area (Å²) in [5.41, 5.74) is 6.82. The van der Waals surface area contributed by atoms with E-state index in [2.05, 4.69) is 4.98 Å². The highest BCUT2D eigenvalue weighted by Crippen LogP contribution is 2.20. The van der Waals surface area contributed by atoms with Gasteiger partial charge in [0.2, 0.25) is 5.91 Å². The molecule has 0 saturated heterocycles. The summed E-state index contributed by atoms with van der Waals surface area (Å²) in [6.07, 6.45) is 0.200. The van der Waals surface area contributed by atoms with Gasteiger partial charge in [-0.15, -0.1) is 0 Å². The minimum Gasteiger partial charge on any atom is -0.383 e. The Kier molecular flexibility index (Phi) is 7.65. The number of H-pyrrole nitrogens is 1. The largest absolute Gasteiger partial charge is 0.383 e. The molecule has 0 saturated carbocycles. The van der Waals surface area contributed by atoms with Gasteiger partial charge in [-0.25, -0.2) is 4.79 Å². The molecule has 3 N–H and O–H groups in total. The molecule has 1 amide bonds. The summed E-state index contributed by atoms with van der Waals surface area (Å²) in [5, 5.41) is 8.81. The lowest BCUT2D eigenvalue weighted by atomic mass is 10.2. The van der Waals surface area contributed by atoms with E-state index in [4.69, 9.17) is 11.0 Å². The van der Waals surface area contributed by atoms with E-state index in [9.17, 15) is 14.4 Å². The maximum atomic E-state index is 12.9. The summed E-state index contributed by atoms with van der Waals surface area (Å²) in [5.74, 6) is -0.295. The summed E-state index contributed by atoms with van der Waals surface area (Å²) in [6, 6.07) is 20.6. The number of aromatic nitrogens is 2. The Labute approximate surface area is 191 Å². The van der Waals surface area contributed by atoms with Crippen molar-refractivity contribution in [2.24, 2.45) is 0 Å². The second-order valence-corrected chi connectivity index (χ2v) is 7.63. The molecule has 0 aliphatic carbocycles. The van der Waals surface area contributed by atoms with E-state index in [0.29, 0.717) is 0 Å². The summed E-state index contributed by atoms with van der Waals surface area (Å²) in [7, 11) is 1.60. The molecule has 33 heavy (non-hydrogen) atoms. The van der Waals surface area contributed by atoms with E-state index in [-0.39, 0.29) is 50.0 Å². The highest BCUT2D eigenvalue weighted by atomic mass is 16.2. The maximum Gasteiger partial charge on any atom is 0.330 e. The number of carbonyl (C=O) groups excluding carboxylic acids is 1. The Morgan fingerprint density at radius 3 is 2.27 bits per heavy atom. The van der Waals surface area contributed by atoms with Gasteiger partial charge >= 0.3 is 5.69 Å². The van der Waals surface area contributed by atoms with E-state index >= 15 is 0 Å². The molecule has 1 heterocycles. The van der Waals surface area contributed by atoms with Crippen LogP contribution in [0.1, 0.15) is 17.5 Å². The van der Waals surface area contributed by atoms with Crippen LogP contribution in [0.25, 0.3) is 0 Å². The SMILES string of the molecule is CN(CCC#N)C(=O)CN(Cc1ccccc1)c1c(N)n(Cc2ccccc2)c(=O)[nH]c1=O. The Bertz CT molecular complexity index is 1250. The molecule has 0 atom stereocenters. The molecule has 0 spiro atoms. The van der Waals surface area contributed by atoms with E-state index in [0.717, 1.165) is 11.1 Å². The van der Waals surface area contributed by atoms with Crippen LogP contribution in [0.3, 0.4) is 0 Å². The molecule has 3 rings (SSSR count). The lowest BCUT2D eigenvalue weighted by molar-refractivity contribution is -0.128. The van der Waals surface area contributed by atoms with E-state index in [1.165, 1.54) is 9.47 Å². The van der Waals surface area contributed by atoms with Gasteiger partial charge in [0.25, 0.3) is 5.56 Å². The monoisotopic (exact) mass is 446 g/mol. The average molecular weight is 447 g/mol. The van der Waals surface area contributed by atoms with Crippen molar-refractivity contribution < 1.29 is 4.79 Å². The molecule has 170 valence electrons. The van der Waals surface area contributed by atoms with Crippen molar-refractivity contribution >= 4 is 17.4 Å². The Balaban J connectivity index is 2.02. The smallest absolute Gasteiger partial charge is 0.330 e. The van der Waals surface area contributed by atoms with Gasteiger partial charge in [-0.1, -0.05) is 60.7 Å². The molecule has 9 nitrogen and oxygen atoms in total. The molecular formula is C24H26N6O3. The number of hydrogen-bond donors (Lipinski definition) is 2. The van der Waals surface area contributed by atoms with Gasteiger partial charge in [-0.3, -0.25) is 19.1 Å². The van der Waals surface area contributed by atoms with Crippen LogP contribution in [0.5, 0.6) is 0 Å². The fourth-order valence-electron chi connectivity index (χ4n) is 3.45. The molecule has 0 unspecified atom stereocenters. The summed E-state index contributed by atoms with van der Waals surface area (Å²) < 4.78 is 1.29. The van der Waals surface area contributed by atoms with Gasteiger partial charge in [-0.05, 0) is 11.1 Å². The highest BCUT2D eigenvalue weighted by Gasteiger charge is 2.23. The van der Waals surface area contributed by atoms with Crippen molar-refractivity contribution in [2.75, 3.05) is 30.8 Å². The minimum absolute atomic E-state index is 0.0176. The molecule has 1 aromatic heterocycles. The number of amides is 1. The second kappa shape index (κ2) is 10.8. The van der Waals surface area contributed by atoms with Gasteiger partial charge < -0.3 is 15.5 Å². The topological polar surface area (TPSA) is 128 Å². The third kappa shape index (κ3) is 5.89. The zero-order chi connectivity index (χ0) is 23.8. The maximum absolute atomic E-state index is 12.9. The summed E-state index contributed by atoms with van der Waals surface area (Å²) >= 11 is 0. The van der Waals surface area contributed by atoms with Crippen LogP contribution in [0, 0.1) is 11.3 Å². The van der Waals surface area contributed by atoms with E-state index in [1.807, 2.05) is 66.7 Å². The number of benzene rings is 2. The summed E-state index contributed by atoms with van der Waals surface area (Å²) in [4.78, 5) is 43.6. The average Bonchev–Trinajstić information content (AvgIpc) is 2.81. The second-order valence-electron chi connectivity index (χ2n) is 7.63. The van der Waals surface area contributed by atoms with Crippen LogP contribution >= 0.6 is 0 Å². The number of likely N-dealkylation sites (N-methyl/N-ethyl adjacent to an activating group) is 1. The molecule has 3 aromatic rings. The minimum atomic E-state index is -0.662.